The Morgan fingerprint density at radius 1 is 0.857 bits per heavy atom. The third-order valence-electron chi connectivity index (χ3n) is 5.70. The molecule has 9 heteroatoms. The highest BCUT2D eigenvalue weighted by Gasteiger charge is 2.56. The first-order valence-corrected chi connectivity index (χ1v) is 11.7. The van der Waals surface area contributed by atoms with Gasteiger partial charge >= 0.3 is 18.2 Å². The molecule has 1 fully saturated rings. The molecule has 2 amide bonds. The lowest BCUT2D eigenvalue weighted by Crippen LogP contribution is -2.67. The smallest absolute Gasteiger partial charge is 0.430 e. The van der Waals surface area contributed by atoms with Crippen molar-refractivity contribution in [3.63, 3.8) is 0 Å². The summed E-state index contributed by atoms with van der Waals surface area (Å²) in [5, 5.41) is 0.662. The van der Waals surface area contributed by atoms with E-state index < -0.39 is 29.5 Å². The SMILES string of the molecule is CCOC(=O)C1(N(NC(=O)OCc2ccccc2)C(=O)OCc2ccccc2)CCCCCC1=O. The Balaban J connectivity index is 1.87. The van der Waals surface area contributed by atoms with Crippen LogP contribution in [0.4, 0.5) is 9.59 Å². The number of ether oxygens (including phenoxy) is 3. The molecular formula is C26H30N2O7. The minimum absolute atomic E-state index is 0.000774. The maximum Gasteiger partial charge on any atom is 0.430 e. The van der Waals surface area contributed by atoms with Crippen molar-refractivity contribution in [2.75, 3.05) is 6.61 Å². The second-order valence-corrected chi connectivity index (χ2v) is 8.11. The molecule has 9 nitrogen and oxygen atoms in total. The summed E-state index contributed by atoms with van der Waals surface area (Å²) in [6.07, 6.45) is -0.288. The minimum Gasteiger partial charge on any atom is -0.464 e. The zero-order valence-corrected chi connectivity index (χ0v) is 19.7. The predicted molar refractivity (Wildman–Crippen MR) is 126 cm³/mol. The van der Waals surface area contributed by atoms with E-state index in [1.54, 1.807) is 55.5 Å². The summed E-state index contributed by atoms with van der Waals surface area (Å²) >= 11 is 0. The van der Waals surface area contributed by atoms with Gasteiger partial charge in [-0.3, -0.25) is 4.79 Å². The third-order valence-corrected chi connectivity index (χ3v) is 5.70. The first-order valence-electron chi connectivity index (χ1n) is 11.7. The van der Waals surface area contributed by atoms with E-state index in [0.717, 1.165) is 5.56 Å². The fourth-order valence-corrected chi connectivity index (χ4v) is 3.91. The first-order chi connectivity index (χ1) is 17.0. The van der Waals surface area contributed by atoms with Gasteiger partial charge in [-0.1, -0.05) is 67.1 Å². The number of benzene rings is 2. The average molecular weight is 483 g/mol. The predicted octanol–water partition coefficient (Wildman–Crippen LogP) is 4.30. The van der Waals surface area contributed by atoms with Gasteiger partial charge in [-0.2, -0.15) is 5.01 Å². The Hall–Kier alpha value is -3.88. The number of carbonyl (C=O) groups excluding carboxylic acids is 4. The fourth-order valence-electron chi connectivity index (χ4n) is 3.91. The van der Waals surface area contributed by atoms with E-state index in [9.17, 15) is 19.2 Å². The number of hydrogen-bond donors (Lipinski definition) is 1. The van der Waals surface area contributed by atoms with E-state index >= 15 is 0 Å². The van der Waals surface area contributed by atoms with Crippen LogP contribution in [0.25, 0.3) is 0 Å². The van der Waals surface area contributed by atoms with Crippen LogP contribution in [0.2, 0.25) is 0 Å². The Labute approximate surface area is 204 Å². The largest absolute Gasteiger partial charge is 0.464 e. The maximum atomic E-state index is 13.3. The van der Waals surface area contributed by atoms with Gasteiger partial charge in [0.2, 0.25) is 5.54 Å². The molecular weight excluding hydrogens is 452 g/mol. The molecule has 3 rings (SSSR count). The summed E-state index contributed by atoms with van der Waals surface area (Å²) in [6.45, 7) is 1.41. The van der Waals surface area contributed by atoms with Crippen LogP contribution >= 0.6 is 0 Å². The van der Waals surface area contributed by atoms with Gasteiger partial charge in [0.05, 0.1) is 6.61 Å². The molecule has 1 aliphatic carbocycles. The quantitative estimate of drug-likeness (QED) is 0.206. The maximum absolute atomic E-state index is 13.3. The number of amides is 2. The molecule has 35 heavy (non-hydrogen) atoms. The van der Waals surface area contributed by atoms with Gasteiger partial charge in [0, 0.05) is 6.42 Å². The van der Waals surface area contributed by atoms with Crippen molar-refractivity contribution in [3.05, 3.63) is 71.8 Å². The summed E-state index contributed by atoms with van der Waals surface area (Å²) < 4.78 is 15.9. The van der Waals surface area contributed by atoms with E-state index in [0.29, 0.717) is 29.8 Å². The molecule has 1 unspecified atom stereocenters. The van der Waals surface area contributed by atoms with Crippen LogP contribution in [0.5, 0.6) is 0 Å². The van der Waals surface area contributed by atoms with Crippen molar-refractivity contribution in [1.82, 2.24) is 10.4 Å². The van der Waals surface area contributed by atoms with Crippen LogP contribution in [0.3, 0.4) is 0 Å². The third kappa shape index (κ3) is 6.59. The van der Waals surface area contributed by atoms with Crippen LogP contribution < -0.4 is 5.43 Å². The van der Waals surface area contributed by atoms with E-state index in [4.69, 9.17) is 14.2 Å². The molecule has 0 aromatic heterocycles. The van der Waals surface area contributed by atoms with Crippen molar-refractivity contribution in [3.8, 4) is 0 Å². The molecule has 0 radical (unpaired) electrons. The number of hydrazine groups is 1. The molecule has 0 bridgehead atoms. The zero-order chi connectivity index (χ0) is 25.1. The second-order valence-electron chi connectivity index (χ2n) is 8.11. The van der Waals surface area contributed by atoms with Gasteiger partial charge in [-0.05, 0) is 37.3 Å². The molecule has 0 saturated heterocycles. The van der Waals surface area contributed by atoms with E-state index in [2.05, 4.69) is 5.43 Å². The molecule has 1 atom stereocenters. The Morgan fingerprint density at radius 2 is 1.46 bits per heavy atom. The van der Waals surface area contributed by atoms with E-state index in [1.165, 1.54) is 0 Å². The summed E-state index contributed by atoms with van der Waals surface area (Å²) in [6, 6.07) is 17.9. The monoisotopic (exact) mass is 482 g/mol. The molecule has 0 heterocycles. The standard InChI is InChI=1S/C26H30N2O7/c1-2-33-23(30)26(17-11-5-10-16-22(26)29)28(25(32)35-19-21-14-8-4-9-15-21)27-24(31)34-18-20-12-6-3-7-13-20/h3-4,6-9,12-15H,2,5,10-11,16-19H2,1H3,(H,27,31). The van der Waals surface area contributed by atoms with Gasteiger partial charge in [-0.25, -0.2) is 19.8 Å². The lowest BCUT2D eigenvalue weighted by Gasteiger charge is -2.38. The van der Waals surface area contributed by atoms with E-state index in [1.807, 2.05) is 12.1 Å². The number of nitrogens with zero attached hydrogens (tertiary/aromatic N) is 1. The number of carbonyl (C=O) groups is 4. The summed E-state index contributed by atoms with van der Waals surface area (Å²) in [5.41, 5.74) is 1.68. The fraction of sp³-hybridized carbons (Fsp3) is 0.385. The van der Waals surface area contributed by atoms with Gasteiger partial charge in [0.15, 0.2) is 5.78 Å². The zero-order valence-electron chi connectivity index (χ0n) is 19.7. The van der Waals surface area contributed by atoms with Crippen molar-refractivity contribution in [2.24, 2.45) is 0 Å². The summed E-state index contributed by atoms with van der Waals surface area (Å²) in [4.78, 5) is 52.5. The highest BCUT2D eigenvalue weighted by Crippen LogP contribution is 2.31. The molecule has 1 saturated carbocycles. The van der Waals surface area contributed by atoms with Crippen LogP contribution in [0.1, 0.15) is 50.2 Å². The Bertz CT molecular complexity index is 1010. The lowest BCUT2D eigenvalue weighted by atomic mass is 9.88. The normalized spacial score (nSPS) is 17.6. The molecule has 1 N–H and O–H groups in total. The Morgan fingerprint density at radius 3 is 2.06 bits per heavy atom. The van der Waals surface area contributed by atoms with Crippen molar-refractivity contribution >= 4 is 23.9 Å². The van der Waals surface area contributed by atoms with Gasteiger partial charge < -0.3 is 14.2 Å². The summed E-state index contributed by atoms with van der Waals surface area (Å²) in [7, 11) is 0. The van der Waals surface area contributed by atoms with Crippen LogP contribution in [0.15, 0.2) is 60.7 Å². The lowest BCUT2D eigenvalue weighted by molar-refractivity contribution is -0.164. The topological polar surface area (TPSA) is 111 Å². The molecule has 2 aromatic rings. The van der Waals surface area contributed by atoms with Crippen LogP contribution in [0, 0.1) is 0 Å². The van der Waals surface area contributed by atoms with Crippen molar-refractivity contribution < 1.29 is 33.4 Å². The van der Waals surface area contributed by atoms with Crippen LogP contribution in [-0.4, -0.2) is 41.1 Å². The number of ketones is 1. The van der Waals surface area contributed by atoms with Crippen molar-refractivity contribution in [2.45, 2.75) is 57.8 Å². The number of esters is 1. The first kappa shape index (κ1) is 25.7. The van der Waals surface area contributed by atoms with Gasteiger partial charge in [0.1, 0.15) is 13.2 Å². The highest BCUT2D eigenvalue weighted by atomic mass is 16.6. The second kappa shape index (κ2) is 12.5. The Kier molecular flexibility index (Phi) is 9.23. The van der Waals surface area contributed by atoms with E-state index in [-0.39, 0.29) is 32.7 Å². The number of Topliss-reactive ketones (excluding diaryl/α,β-unsaturated/α-hetero) is 1. The summed E-state index contributed by atoms with van der Waals surface area (Å²) in [5.74, 6) is -1.43. The molecule has 0 spiro atoms. The number of hydrogen-bond acceptors (Lipinski definition) is 7. The molecule has 186 valence electrons. The van der Waals surface area contributed by atoms with Gasteiger partial charge in [0.25, 0.3) is 0 Å². The van der Waals surface area contributed by atoms with Crippen LogP contribution in [-0.2, 0) is 37.0 Å². The number of rotatable bonds is 7. The van der Waals surface area contributed by atoms with Crippen molar-refractivity contribution in [1.29, 1.82) is 0 Å². The van der Waals surface area contributed by atoms with Gasteiger partial charge in [-0.15, -0.1) is 0 Å². The highest BCUT2D eigenvalue weighted by molar-refractivity contribution is 6.10. The molecule has 2 aromatic carbocycles. The minimum atomic E-state index is -2.05. The molecule has 1 aliphatic rings. The number of nitrogens with one attached hydrogen (secondary N) is 1. The molecule has 0 aliphatic heterocycles. The average Bonchev–Trinajstić information content (AvgIpc) is 3.08.